The normalized spacial score (nSPS) is 20.2. The van der Waals surface area contributed by atoms with E-state index >= 15 is 0 Å². The van der Waals surface area contributed by atoms with E-state index in [-0.39, 0.29) is 36.1 Å². The first-order valence-electron chi connectivity index (χ1n) is 12.7. The lowest BCUT2D eigenvalue weighted by Crippen LogP contribution is -2.59. The Morgan fingerprint density at radius 2 is 1.73 bits per heavy atom. The van der Waals surface area contributed by atoms with Crippen molar-refractivity contribution < 1.29 is 31.1 Å². The molecule has 0 bridgehead atoms. The zero-order valence-electron chi connectivity index (χ0n) is 21.0. The van der Waals surface area contributed by atoms with E-state index < -0.39 is 48.0 Å². The van der Waals surface area contributed by atoms with Crippen molar-refractivity contribution in [3.05, 3.63) is 63.8 Å². The first kappa shape index (κ1) is 27.6. The van der Waals surface area contributed by atoms with Crippen LogP contribution >= 0.6 is 0 Å². The third kappa shape index (κ3) is 5.68. The van der Waals surface area contributed by atoms with Crippen LogP contribution in [0.5, 0.6) is 0 Å². The van der Waals surface area contributed by atoms with Crippen LogP contribution in [0.25, 0.3) is 11.3 Å². The molecule has 214 valence electrons. The molecule has 3 heterocycles. The van der Waals surface area contributed by atoms with Gasteiger partial charge in [0.25, 0.3) is 5.91 Å². The molecule has 0 saturated heterocycles. The Balaban J connectivity index is 1.51. The van der Waals surface area contributed by atoms with Crippen molar-refractivity contribution in [2.45, 2.75) is 69.4 Å². The predicted octanol–water partition coefficient (Wildman–Crippen LogP) is 4.19. The lowest BCUT2D eigenvalue weighted by atomic mass is 9.78. The Hall–Kier alpha value is -3.91. The van der Waals surface area contributed by atoms with Crippen LogP contribution in [0.15, 0.2) is 41.3 Å². The van der Waals surface area contributed by atoms with Gasteiger partial charge in [-0.25, -0.2) is 9.89 Å². The van der Waals surface area contributed by atoms with Crippen LogP contribution in [0.4, 0.5) is 26.3 Å². The molecule has 1 amide bonds. The van der Waals surface area contributed by atoms with Crippen LogP contribution in [0.3, 0.4) is 0 Å². The lowest BCUT2D eigenvalue weighted by molar-refractivity contribution is -0.201. The van der Waals surface area contributed by atoms with Gasteiger partial charge < -0.3 is 5.32 Å². The minimum Gasteiger partial charge on any atom is -0.333 e. The number of hydrogen-bond donors (Lipinski definition) is 2. The molecule has 1 saturated carbocycles. The molecular formula is C25H25F6N7O2. The minimum atomic E-state index is -4.97. The van der Waals surface area contributed by atoms with Gasteiger partial charge in [0.2, 0.25) is 0 Å². The van der Waals surface area contributed by atoms with Gasteiger partial charge in [0.1, 0.15) is 5.70 Å². The summed E-state index contributed by atoms with van der Waals surface area (Å²) >= 11 is 0. The average Bonchev–Trinajstić information content (AvgIpc) is 3.40. The van der Waals surface area contributed by atoms with E-state index in [0.717, 1.165) is 12.8 Å². The van der Waals surface area contributed by atoms with E-state index in [1.807, 2.05) is 5.10 Å². The van der Waals surface area contributed by atoms with Gasteiger partial charge in [-0.2, -0.15) is 36.1 Å². The molecular weight excluding hydrogens is 544 g/mol. The number of carbonyl (C=O) groups excluding carboxylic acids is 1. The van der Waals surface area contributed by atoms with Crippen molar-refractivity contribution in [3.63, 3.8) is 0 Å². The maximum atomic E-state index is 14.9. The molecule has 9 nitrogen and oxygen atoms in total. The van der Waals surface area contributed by atoms with Crippen molar-refractivity contribution in [2.75, 3.05) is 0 Å². The summed E-state index contributed by atoms with van der Waals surface area (Å²) in [6, 6.07) is 6.74. The highest BCUT2D eigenvalue weighted by Crippen LogP contribution is 2.48. The first-order chi connectivity index (χ1) is 18.9. The van der Waals surface area contributed by atoms with Crippen LogP contribution in [0.1, 0.15) is 55.3 Å². The molecule has 3 aromatic rings. The van der Waals surface area contributed by atoms with E-state index in [4.69, 9.17) is 0 Å². The molecule has 1 fully saturated rings. The molecule has 15 heteroatoms. The van der Waals surface area contributed by atoms with Gasteiger partial charge in [-0.15, -0.1) is 0 Å². The maximum absolute atomic E-state index is 14.9. The SMILES string of the molecule is O=C1NC(c2ccc(CCCCC(F)(F)F)cc2)(C(F)(F)F)CC(c2ccn(CC3CC3)n2)=C1n1nn[nH]c1=O. The molecule has 1 atom stereocenters. The van der Waals surface area contributed by atoms with Gasteiger partial charge in [0, 0.05) is 31.2 Å². The summed E-state index contributed by atoms with van der Waals surface area (Å²) in [6.07, 6.45) is -6.94. The maximum Gasteiger partial charge on any atom is 0.416 e. The molecule has 1 unspecified atom stereocenters. The number of amides is 1. The number of nitrogens with zero attached hydrogens (tertiary/aromatic N) is 5. The monoisotopic (exact) mass is 569 g/mol. The molecule has 0 radical (unpaired) electrons. The van der Waals surface area contributed by atoms with Crippen LogP contribution in [0.2, 0.25) is 0 Å². The molecule has 1 aliphatic heterocycles. The fourth-order valence-electron chi connectivity index (χ4n) is 4.87. The third-order valence-corrected chi connectivity index (χ3v) is 7.15. The zero-order valence-corrected chi connectivity index (χ0v) is 21.0. The summed E-state index contributed by atoms with van der Waals surface area (Å²) < 4.78 is 84.0. The zero-order chi connectivity index (χ0) is 28.7. The lowest BCUT2D eigenvalue weighted by Gasteiger charge is -2.41. The van der Waals surface area contributed by atoms with Crippen molar-refractivity contribution in [1.29, 1.82) is 0 Å². The van der Waals surface area contributed by atoms with Gasteiger partial charge in [0.15, 0.2) is 5.54 Å². The van der Waals surface area contributed by atoms with E-state index in [1.165, 1.54) is 30.3 Å². The van der Waals surface area contributed by atoms with Crippen molar-refractivity contribution in [3.8, 4) is 0 Å². The smallest absolute Gasteiger partial charge is 0.333 e. The number of aromatic amines is 1. The predicted molar refractivity (Wildman–Crippen MR) is 129 cm³/mol. The summed E-state index contributed by atoms with van der Waals surface area (Å²) in [6.45, 7) is 0.577. The summed E-state index contributed by atoms with van der Waals surface area (Å²) in [5, 5.41) is 15.4. The minimum absolute atomic E-state index is 0.0929. The van der Waals surface area contributed by atoms with Gasteiger partial charge in [-0.3, -0.25) is 9.48 Å². The highest BCUT2D eigenvalue weighted by Gasteiger charge is 2.60. The standard InChI is InChI=1S/C25H25F6N7O2/c26-24(27,28)11-2-1-3-15-6-8-17(9-7-15)23(25(29,30)31)13-18(19-10-12-37(34-19)14-16-4-5-16)20(21(39)32-23)38-22(40)33-35-36-38/h6-10,12,16H,1-5,11,13-14H2,(H,32,39)(H,33,36,40). The number of alkyl halides is 6. The average molecular weight is 570 g/mol. The second-order valence-corrected chi connectivity index (χ2v) is 10.2. The topological polar surface area (TPSA) is 110 Å². The molecule has 0 spiro atoms. The highest BCUT2D eigenvalue weighted by molar-refractivity contribution is 6.22. The Morgan fingerprint density at radius 1 is 1.00 bits per heavy atom. The number of aromatic nitrogens is 6. The number of carbonyl (C=O) groups is 1. The van der Waals surface area contributed by atoms with Crippen LogP contribution in [-0.4, -0.2) is 48.2 Å². The van der Waals surface area contributed by atoms with Crippen LogP contribution < -0.4 is 11.0 Å². The summed E-state index contributed by atoms with van der Waals surface area (Å²) in [7, 11) is 0. The Kier molecular flexibility index (Phi) is 7.08. The van der Waals surface area contributed by atoms with Crippen molar-refractivity contribution >= 4 is 17.2 Å². The number of tetrazole rings is 1. The molecule has 1 aromatic carbocycles. The number of nitrogens with one attached hydrogen (secondary N) is 2. The van der Waals surface area contributed by atoms with Crippen LogP contribution in [0, 0.1) is 5.92 Å². The Morgan fingerprint density at radius 3 is 2.33 bits per heavy atom. The number of H-pyrrole nitrogens is 1. The fraction of sp³-hybridized carbons (Fsp3) is 0.480. The number of unbranched alkanes of at least 4 members (excludes halogenated alkanes) is 1. The van der Waals surface area contributed by atoms with E-state index in [0.29, 0.717) is 22.7 Å². The summed E-state index contributed by atoms with van der Waals surface area (Å²) in [5.74, 6) is -0.766. The van der Waals surface area contributed by atoms with Gasteiger partial charge in [0.05, 0.1) is 5.69 Å². The highest BCUT2D eigenvalue weighted by atomic mass is 19.4. The number of halogens is 6. The molecule has 5 rings (SSSR count). The van der Waals surface area contributed by atoms with Gasteiger partial charge in [-0.05, 0) is 65.6 Å². The third-order valence-electron chi connectivity index (χ3n) is 7.15. The van der Waals surface area contributed by atoms with Crippen molar-refractivity contribution in [1.82, 2.24) is 35.3 Å². The number of benzene rings is 1. The van der Waals surface area contributed by atoms with Crippen molar-refractivity contribution in [2.24, 2.45) is 5.92 Å². The summed E-state index contributed by atoms with van der Waals surface area (Å²) in [4.78, 5) is 25.6. The second-order valence-electron chi connectivity index (χ2n) is 10.2. The quantitative estimate of drug-likeness (QED) is 0.297. The van der Waals surface area contributed by atoms with Gasteiger partial charge >= 0.3 is 18.0 Å². The number of rotatable bonds is 9. The Bertz CT molecular complexity index is 1460. The fourth-order valence-corrected chi connectivity index (χ4v) is 4.87. The largest absolute Gasteiger partial charge is 0.416 e. The molecule has 40 heavy (non-hydrogen) atoms. The number of aryl methyl sites for hydroxylation is 1. The summed E-state index contributed by atoms with van der Waals surface area (Å²) in [5.41, 5.74) is -3.95. The molecule has 2 aromatic heterocycles. The second kappa shape index (κ2) is 10.2. The Labute approximate surface area is 223 Å². The van der Waals surface area contributed by atoms with Gasteiger partial charge in [-0.1, -0.05) is 24.3 Å². The van der Waals surface area contributed by atoms with E-state index in [2.05, 4.69) is 20.8 Å². The molecule has 1 aliphatic carbocycles. The molecule has 2 N–H and O–H groups in total. The van der Waals surface area contributed by atoms with Crippen LogP contribution in [-0.2, 0) is 23.3 Å². The van der Waals surface area contributed by atoms with E-state index in [9.17, 15) is 35.9 Å². The first-order valence-corrected chi connectivity index (χ1v) is 12.7. The number of hydrogen-bond acceptors (Lipinski definition) is 5. The van der Waals surface area contributed by atoms with E-state index in [1.54, 1.807) is 10.9 Å². The molecule has 2 aliphatic rings.